The number of carbonyl (C=O) groups excluding carboxylic acids is 1. The number of nitrogens with one attached hydrogen (secondary N) is 1. The number of nitrogens with zero attached hydrogens (tertiary/aromatic N) is 2. The van der Waals surface area contributed by atoms with E-state index in [2.05, 4.69) is 59.5 Å². The molecule has 1 amide bonds. The lowest BCUT2D eigenvalue weighted by atomic mass is 9.89. The number of piperidine rings is 1. The number of oxazole rings is 1. The van der Waals surface area contributed by atoms with Crippen molar-refractivity contribution in [3.63, 3.8) is 0 Å². The zero-order chi connectivity index (χ0) is 21.2. The van der Waals surface area contributed by atoms with E-state index in [0.717, 1.165) is 37.3 Å². The molecule has 3 heterocycles. The molecule has 0 atom stereocenters. The van der Waals surface area contributed by atoms with E-state index in [1.165, 1.54) is 22.0 Å². The van der Waals surface area contributed by atoms with E-state index in [1.54, 1.807) is 6.20 Å². The van der Waals surface area contributed by atoms with Crippen LogP contribution in [0.25, 0.3) is 22.2 Å². The summed E-state index contributed by atoms with van der Waals surface area (Å²) < 4.78 is 5.87. The highest BCUT2D eigenvalue weighted by molar-refractivity contribution is 5.83. The van der Waals surface area contributed by atoms with Crippen LogP contribution in [0.15, 0.2) is 65.3 Å². The van der Waals surface area contributed by atoms with Crippen LogP contribution >= 0.6 is 0 Å². The summed E-state index contributed by atoms with van der Waals surface area (Å²) in [5, 5.41) is 1.31. The van der Waals surface area contributed by atoms with E-state index in [9.17, 15) is 4.79 Å². The molecule has 31 heavy (non-hydrogen) atoms. The van der Waals surface area contributed by atoms with Gasteiger partial charge in [-0.3, -0.25) is 4.79 Å². The second-order valence-electron chi connectivity index (χ2n) is 8.43. The summed E-state index contributed by atoms with van der Waals surface area (Å²) in [5.41, 5.74) is 4.79. The number of aryl methyl sites for hydroxylation is 2. The monoisotopic (exact) mass is 413 g/mol. The van der Waals surface area contributed by atoms with Gasteiger partial charge in [0.1, 0.15) is 0 Å². The number of hydrogen-bond donors (Lipinski definition) is 1. The van der Waals surface area contributed by atoms with Gasteiger partial charge in [-0.05, 0) is 37.3 Å². The van der Waals surface area contributed by atoms with Crippen LogP contribution in [0.5, 0.6) is 0 Å². The van der Waals surface area contributed by atoms with Crippen LogP contribution in [0, 0.1) is 6.92 Å². The van der Waals surface area contributed by atoms with Crippen molar-refractivity contribution in [2.24, 2.45) is 0 Å². The lowest BCUT2D eigenvalue weighted by molar-refractivity contribution is -0.132. The van der Waals surface area contributed by atoms with E-state index in [1.807, 2.05) is 17.0 Å². The Labute approximate surface area is 182 Å². The highest BCUT2D eigenvalue weighted by Gasteiger charge is 2.25. The molecule has 0 radical (unpaired) electrons. The van der Waals surface area contributed by atoms with Gasteiger partial charge in [-0.1, -0.05) is 48.0 Å². The maximum atomic E-state index is 12.7. The minimum atomic E-state index is 0.187. The predicted octanol–water partition coefficient (Wildman–Crippen LogP) is 5.47. The number of H-pyrrole nitrogens is 1. The second kappa shape index (κ2) is 8.42. The smallest absolute Gasteiger partial charge is 0.223 e. The number of likely N-dealkylation sites (tertiary alicyclic amines) is 1. The third-order valence-corrected chi connectivity index (χ3v) is 6.35. The van der Waals surface area contributed by atoms with Gasteiger partial charge in [-0.25, -0.2) is 4.98 Å². The number of aromatic nitrogens is 2. The Bertz CT molecular complexity index is 1180. The molecule has 5 rings (SSSR count). The zero-order valence-electron chi connectivity index (χ0n) is 17.8. The fraction of sp³-hybridized carbons (Fsp3) is 0.308. The van der Waals surface area contributed by atoms with Crippen molar-refractivity contribution in [2.75, 3.05) is 13.1 Å². The summed E-state index contributed by atoms with van der Waals surface area (Å²) in [7, 11) is 0. The fourth-order valence-corrected chi connectivity index (χ4v) is 4.52. The topological polar surface area (TPSA) is 62.1 Å². The summed E-state index contributed by atoms with van der Waals surface area (Å²) >= 11 is 0. The molecule has 0 unspecified atom stereocenters. The molecule has 158 valence electrons. The molecule has 2 aromatic carbocycles. The normalized spacial score (nSPS) is 14.9. The van der Waals surface area contributed by atoms with Gasteiger partial charge in [0.25, 0.3) is 0 Å². The number of aromatic amines is 1. The number of carbonyl (C=O) groups is 1. The molecule has 0 bridgehead atoms. The second-order valence-corrected chi connectivity index (χ2v) is 8.43. The summed E-state index contributed by atoms with van der Waals surface area (Å²) in [6.45, 7) is 3.68. The first-order valence-electron chi connectivity index (χ1n) is 11.0. The largest absolute Gasteiger partial charge is 0.441 e. The van der Waals surface area contributed by atoms with Gasteiger partial charge < -0.3 is 14.3 Å². The first kappa shape index (κ1) is 19.6. The van der Waals surface area contributed by atoms with Gasteiger partial charge in [-0.15, -0.1) is 0 Å². The maximum Gasteiger partial charge on any atom is 0.223 e. The molecular weight excluding hydrogens is 386 g/mol. The van der Waals surface area contributed by atoms with Crippen LogP contribution in [0.2, 0.25) is 0 Å². The van der Waals surface area contributed by atoms with Crippen LogP contribution in [0.4, 0.5) is 0 Å². The van der Waals surface area contributed by atoms with Crippen molar-refractivity contribution in [1.29, 1.82) is 0 Å². The Hall–Kier alpha value is -3.34. The minimum Gasteiger partial charge on any atom is -0.441 e. The molecular formula is C26H27N3O2. The molecule has 1 fully saturated rings. The summed E-state index contributed by atoms with van der Waals surface area (Å²) in [6, 6.07) is 16.6. The Morgan fingerprint density at radius 1 is 1.13 bits per heavy atom. The lowest BCUT2D eigenvalue weighted by Crippen LogP contribution is -2.38. The van der Waals surface area contributed by atoms with Gasteiger partial charge in [0, 0.05) is 48.6 Å². The Morgan fingerprint density at radius 2 is 1.90 bits per heavy atom. The molecule has 4 aromatic rings. The Balaban J connectivity index is 1.15. The van der Waals surface area contributed by atoms with Crippen molar-refractivity contribution in [2.45, 2.75) is 38.5 Å². The van der Waals surface area contributed by atoms with Gasteiger partial charge in [0.2, 0.25) is 5.91 Å². The number of hydrogen-bond acceptors (Lipinski definition) is 3. The average molecular weight is 414 g/mol. The van der Waals surface area contributed by atoms with Crippen molar-refractivity contribution in [3.8, 4) is 11.3 Å². The summed E-state index contributed by atoms with van der Waals surface area (Å²) in [5.74, 6) is 2.07. The summed E-state index contributed by atoms with van der Waals surface area (Å²) in [4.78, 5) is 22.5. The molecule has 0 saturated carbocycles. The Morgan fingerprint density at radius 3 is 2.71 bits per heavy atom. The molecule has 1 saturated heterocycles. The molecule has 1 N–H and O–H groups in total. The average Bonchev–Trinajstić information content (AvgIpc) is 3.45. The van der Waals surface area contributed by atoms with E-state index in [-0.39, 0.29) is 5.91 Å². The third-order valence-electron chi connectivity index (χ3n) is 6.35. The van der Waals surface area contributed by atoms with Crippen molar-refractivity contribution >= 4 is 16.8 Å². The third kappa shape index (κ3) is 4.13. The molecule has 5 heteroatoms. The standard InChI is InChI=1S/C26H27N3O2/c1-18-6-8-20(9-7-18)24-17-28-25(31-24)10-11-26(30)29-14-12-19(13-15-29)22-16-27-23-5-3-2-4-21(22)23/h2-9,16-17,19,27H,10-15H2,1H3. The number of para-hydroxylation sites is 1. The van der Waals surface area contributed by atoms with E-state index >= 15 is 0 Å². The van der Waals surface area contributed by atoms with E-state index < -0.39 is 0 Å². The predicted molar refractivity (Wildman–Crippen MR) is 122 cm³/mol. The molecule has 5 nitrogen and oxygen atoms in total. The Kier molecular flexibility index (Phi) is 5.33. The summed E-state index contributed by atoms with van der Waals surface area (Å²) in [6.07, 6.45) is 6.87. The molecule has 0 spiro atoms. The fourth-order valence-electron chi connectivity index (χ4n) is 4.52. The van der Waals surface area contributed by atoms with Gasteiger partial charge >= 0.3 is 0 Å². The quantitative estimate of drug-likeness (QED) is 0.472. The lowest BCUT2D eigenvalue weighted by Gasteiger charge is -2.32. The van der Waals surface area contributed by atoms with Gasteiger partial charge in [0.15, 0.2) is 11.7 Å². The number of amides is 1. The highest BCUT2D eigenvalue weighted by atomic mass is 16.4. The van der Waals surface area contributed by atoms with Crippen LogP contribution in [-0.4, -0.2) is 33.9 Å². The molecule has 0 aliphatic carbocycles. The van der Waals surface area contributed by atoms with E-state index in [4.69, 9.17) is 4.42 Å². The highest BCUT2D eigenvalue weighted by Crippen LogP contribution is 2.33. The van der Waals surface area contributed by atoms with Crippen molar-refractivity contribution in [1.82, 2.24) is 14.9 Å². The van der Waals surface area contributed by atoms with Crippen LogP contribution in [0.1, 0.15) is 42.2 Å². The zero-order valence-corrected chi connectivity index (χ0v) is 17.8. The maximum absolute atomic E-state index is 12.7. The number of benzene rings is 2. The van der Waals surface area contributed by atoms with E-state index in [0.29, 0.717) is 24.7 Å². The van der Waals surface area contributed by atoms with Gasteiger partial charge in [0.05, 0.1) is 6.20 Å². The number of fused-ring (bicyclic) bond motifs is 1. The van der Waals surface area contributed by atoms with Crippen molar-refractivity contribution < 1.29 is 9.21 Å². The number of rotatable bonds is 5. The van der Waals surface area contributed by atoms with Crippen LogP contribution in [-0.2, 0) is 11.2 Å². The molecule has 1 aliphatic heterocycles. The van der Waals surface area contributed by atoms with Crippen LogP contribution < -0.4 is 0 Å². The first-order chi connectivity index (χ1) is 15.2. The van der Waals surface area contributed by atoms with Gasteiger partial charge in [-0.2, -0.15) is 0 Å². The molecule has 2 aromatic heterocycles. The molecule has 1 aliphatic rings. The first-order valence-corrected chi connectivity index (χ1v) is 11.0. The minimum absolute atomic E-state index is 0.187. The SMILES string of the molecule is Cc1ccc(-c2cnc(CCC(=O)N3CCC(c4c[nH]c5ccccc45)CC3)o2)cc1. The van der Waals surface area contributed by atoms with Crippen LogP contribution in [0.3, 0.4) is 0 Å². The van der Waals surface area contributed by atoms with Crippen molar-refractivity contribution in [3.05, 3.63) is 77.9 Å².